The van der Waals surface area contributed by atoms with E-state index in [1.165, 1.54) is 64.6 Å². The summed E-state index contributed by atoms with van der Waals surface area (Å²) in [6.07, 6.45) is 10.6. The molecule has 0 spiro atoms. The van der Waals surface area contributed by atoms with E-state index >= 15 is 0 Å². The molecule has 5 heteroatoms. The Labute approximate surface area is 160 Å². The van der Waals surface area contributed by atoms with Crippen LogP contribution in [0.4, 0.5) is 4.79 Å². The van der Waals surface area contributed by atoms with Crippen LogP contribution in [0, 0.1) is 11.8 Å². The van der Waals surface area contributed by atoms with Crippen molar-refractivity contribution in [3.8, 4) is 0 Å². The second-order valence-electron chi connectivity index (χ2n) is 9.30. The Kier molecular flexibility index (Phi) is 6.50. The van der Waals surface area contributed by atoms with E-state index in [4.69, 9.17) is 5.73 Å². The zero-order valence-corrected chi connectivity index (χ0v) is 17.2. The number of hydrogen-bond donors (Lipinski definition) is 2. The lowest BCUT2D eigenvalue weighted by Crippen LogP contribution is -2.73. The molecule has 1 aliphatic carbocycles. The number of likely N-dealkylation sites (tertiary alicyclic amines) is 1. The third-order valence-corrected chi connectivity index (χ3v) is 7.59. The second-order valence-corrected chi connectivity index (χ2v) is 9.30. The molecule has 150 valence electrons. The first-order valence-corrected chi connectivity index (χ1v) is 11.0. The van der Waals surface area contributed by atoms with Gasteiger partial charge >= 0.3 is 6.03 Å². The van der Waals surface area contributed by atoms with Crippen molar-refractivity contribution in [3.05, 3.63) is 0 Å². The fraction of sp³-hybridized carbons (Fsp3) is 0.952. The number of carbonyl (C=O) groups excluding carboxylic acids is 1. The normalized spacial score (nSPS) is 35.6. The summed E-state index contributed by atoms with van der Waals surface area (Å²) in [5.41, 5.74) is 5.60. The average molecular weight is 365 g/mol. The molecule has 0 radical (unpaired) electrons. The first kappa shape index (κ1) is 19.9. The van der Waals surface area contributed by atoms with Gasteiger partial charge in [0.05, 0.1) is 5.54 Å². The molecule has 3 fully saturated rings. The molecule has 3 N–H and O–H groups in total. The van der Waals surface area contributed by atoms with Gasteiger partial charge in [0.2, 0.25) is 0 Å². The molecule has 0 aromatic heterocycles. The second kappa shape index (κ2) is 8.47. The zero-order valence-electron chi connectivity index (χ0n) is 17.2. The lowest BCUT2D eigenvalue weighted by molar-refractivity contribution is -0.00490. The number of urea groups is 1. The van der Waals surface area contributed by atoms with Gasteiger partial charge in [-0.1, -0.05) is 26.2 Å². The molecule has 5 nitrogen and oxygen atoms in total. The number of amides is 2. The minimum atomic E-state index is -0.261. The quantitative estimate of drug-likeness (QED) is 0.805. The Morgan fingerprint density at radius 3 is 2.38 bits per heavy atom. The van der Waals surface area contributed by atoms with E-state index in [-0.39, 0.29) is 17.6 Å². The fourth-order valence-corrected chi connectivity index (χ4v) is 6.00. The molecule has 3 unspecified atom stereocenters. The largest absolute Gasteiger partial charge is 0.351 e. The molecular weight excluding hydrogens is 324 g/mol. The maximum absolute atomic E-state index is 12.2. The van der Waals surface area contributed by atoms with E-state index in [1.807, 2.05) is 4.90 Å². The van der Waals surface area contributed by atoms with Crippen LogP contribution in [0.2, 0.25) is 0 Å². The molecule has 3 atom stereocenters. The summed E-state index contributed by atoms with van der Waals surface area (Å²) in [6, 6.07) is 0.260. The van der Waals surface area contributed by atoms with Crippen molar-refractivity contribution in [3.63, 3.8) is 0 Å². The van der Waals surface area contributed by atoms with Gasteiger partial charge < -0.3 is 20.9 Å². The highest BCUT2D eigenvalue weighted by Gasteiger charge is 2.49. The number of nitrogens with one attached hydrogen (secondary N) is 1. The van der Waals surface area contributed by atoms with Gasteiger partial charge in [-0.15, -0.1) is 0 Å². The molecule has 0 bridgehead atoms. The van der Waals surface area contributed by atoms with Crippen LogP contribution in [0.5, 0.6) is 0 Å². The lowest BCUT2D eigenvalue weighted by Gasteiger charge is -2.56. The lowest BCUT2D eigenvalue weighted by atomic mass is 9.73. The molecule has 26 heavy (non-hydrogen) atoms. The van der Waals surface area contributed by atoms with Gasteiger partial charge in [-0.2, -0.15) is 0 Å². The van der Waals surface area contributed by atoms with Gasteiger partial charge in [-0.05, 0) is 70.9 Å². The van der Waals surface area contributed by atoms with Crippen LogP contribution in [0.3, 0.4) is 0 Å². The Morgan fingerprint density at radius 2 is 1.81 bits per heavy atom. The van der Waals surface area contributed by atoms with Gasteiger partial charge in [0.25, 0.3) is 0 Å². The number of nitrogens with two attached hydrogens (primary N) is 1. The number of rotatable bonds is 4. The summed E-state index contributed by atoms with van der Waals surface area (Å²) in [5, 5.41) is 3.79. The molecule has 2 saturated heterocycles. The van der Waals surface area contributed by atoms with Crippen molar-refractivity contribution in [2.75, 3.05) is 26.2 Å². The molecule has 2 amide bonds. The standard InChI is InChI=1S/C21H40N4O/c1-4-21(3)19(23-14-16(2)25(21)20(22)26)18-10-12-24(13-11-18)15-17-8-6-5-7-9-17/h16-19,23H,4-15H2,1-3H3,(H2,22,26). The summed E-state index contributed by atoms with van der Waals surface area (Å²) in [6.45, 7) is 11.1. The Bertz CT molecular complexity index is 471. The molecular formula is C21H40N4O. The van der Waals surface area contributed by atoms with E-state index in [9.17, 15) is 4.79 Å². The highest BCUT2D eigenvalue weighted by molar-refractivity contribution is 5.73. The molecule has 3 aliphatic rings. The van der Waals surface area contributed by atoms with Crippen LogP contribution in [0.15, 0.2) is 0 Å². The zero-order chi connectivity index (χ0) is 18.7. The van der Waals surface area contributed by atoms with Crippen LogP contribution in [0.1, 0.15) is 72.1 Å². The van der Waals surface area contributed by atoms with E-state index in [2.05, 4.69) is 31.0 Å². The number of piperidine rings is 1. The molecule has 3 rings (SSSR count). The van der Waals surface area contributed by atoms with Crippen molar-refractivity contribution < 1.29 is 4.79 Å². The van der Waals surface area contributed by atoms with E-state index in [0.29, 0.717) is 12.0 Å². The van der Waals surface area contributed by atoms with Crippen LogP contribution in [0.25, 0.3) is 0 Å². The maximum Gasteiger partial charge on any atom is 0.315 e. The van der Waals surface area contributed by atoms with Gasteiger partial charge in [0.1, 0.15) is 0 Å². The summed E-state index contributed by atoms with van der Waals surface area (Å²) in [5.74, 6) is 1.57. The minimum absolute atomic E-state index is 0.167. The number of nitrogens with zero attached hydrogens (tertiary/aromatic N) is 2. The fourth-order valence-electron chi connectivity index (χ4n) is 6.00. The monoisotopic (exact) mass is 364 g/mol. The third kappa shape index (κ3) is 4.04. The van der Waals surface area contributed by atoms with E-state index in [1.54, 1.807) is 0 Å². The van der Waals surface area contributed by atoms with Crippen molar-refractivity contribution in [2.24, 2.45) is 17.6 Å². The molecule has 1 saturated carbocycles. The van der Waals surface area contributed by atoms with E-state index in [0.717, 1.165) is 18.9 Å². The summed E-state index contributed by atoms with van der Waals surface area (Å²) in [4.78, 5) is 16.8. The Morgan fingerprint density at radius 1 is 1.15 bits per heavy atom. The first-order chi connectivity index (χ1) is 12.5. The summed E-state index contributed by atoms with van der Waals surface area (Å²) in [7, 11) is 0. The minimum Gasteiger partial charge on any atom is -0.351 e. The predicted molar refractivity (Wildman–Crippen MR) is 107 cm³/mol. The van der Waals surface area contributed by atoms with Gasteiger partial charge in [0, 0.05) is 25.2 Å². The van der Waals surface area contributed by atoms with Crippen LogP contribution >= 0.6 is 0 Å². The summed E-state index contributed by atoms with van der Waals surface area (Å²) < 4.78 is 0. The first-order valence-electron chi connectivity index (χ1n) is 11.0. The van der Waals surface area contributed by atoms with Gasteiger partial charge in [-0.3, -0.25) is 0 Å². The number of piperazine rings is 1. The number of primary amides is 1. The number of hydrogen-bond acceptors (Lipinski definition) is 3. The Hall–Kier alpha value is -0.810. The average Bonchev–Trinajstić information content (AvgIpc) is 2.63. The van der Waals surface area contributed by atoms with Crippen molar-refractivity contribution in [1.29, 1.82) is 0 Å². The van der Waals surface area contributed by atoms with E-state index < -0.39 is 0 Å². The van der Waals surface area contributed by atoms with Crippen molar-refractivity contribution >= 4 is 6.03 Å². The highest BCUT2D eigenvalue weighted by atomic mass is 16.2. The predicted octanol–water partition coefficient (Wildman–Crippen LogP) is 3.19. The highest BCUT2D eigenvalue weighted by Crippen LogP contribution is 2.37. The SMILES string of the molecule is CCC1(C)C(C2CCN(CC3CCCCC3)CC2)NCC(C)N1C(N)=O. The molecule has 2 heterocycles. The maximum atomic E-state index is 12.2. The molecule has 0 aromatic rings. The topological polar surface area (TPSA) is 61.6 Å². The summed E-state index contributed by atoms with van der Waals surface area (Å²) >= 11 is 0. The van der Waals surface area contributed by atoms with Crippen LogP contribution in [-0.4, -0.2) is 59.6 Å². The third-order valence-electron chi connectivity index (χ3n) is 7.59. The van der Waals surface area contributed by atoms with Gasteiger partial charge in [-0.25, -0.2) is 4.79 Å². The van der Waals surface area contributed by atoms with Crippen LogP contribution in [-0.2, 0) is 0 Å². The Balaban J connectivity index is 1.59. The van der Waals surface area contributed by atoms with Crippen LogP contribution < -0.4 is 11.1 Å². The smallest absolute Gasteiger partial charge is 0.315 e. The molecule has 2 aliphatic heterocycles. The van der Waals surface area contributed by atoms with Crippen molar-refractivity contribution in [1.82, 2.24) is 15.1 Å². The molecule has 0 aromatic carbocycles. The van der Waals surface area contributed by atoms with Crippen molar-refractivity contribution in [2.45, 2.75) is 89.8 Å². The number of carbonyl (C=O) groups is 1. The van der Waals surface area contributed by atoms with Gasteiger partial charge in [0.15, 0.2) is 0 Å².